The minimum Gasteiger partial charge on any atom is -0.201 e. The van der Waals surface area contributed by atoms with Crippen LogP contribution < -0.4 is 18.3 Å². The lowest BCUT2D eigenvalue weighted by Gasteiger charge is -2.07. The van der Waals surface area contributed by atoms with Crippen LogP contribution in [0.1, 0.15) is 22.3 Å². The van der Waals surface area contributed by atoms with E-state index in [1.807, 2.05) is 49.1 Å². The molecule has 0 fully saturated rings. The van der Waals surface area contributed by atoms with Gasteiger partial charge in [-0.25, -0.2) is 18.3 Å². The Bertz CT molecular complexity index is 1970. The normalized spacial score (nSPS) is 12.0. The van der Waals surface area contributed by atoms with E-state index in [-0.39, 0.29) is 0 Å². The van der Waals surface area contributed by atoms with Crippen molar-refractivity contribution in [2.24, 2.45) is 10.2 Å². The van der Waals surface area contributed by atoms with Crippen molar-refractivity contribution in [3.63, 3.8) is 0 Å². The fourth-order valence-corrected chi connectivity index (χ4v) is 5.80. The average Bonchev–Trinajstić information content (AvgIpc) is 3.08. The molecule has 2 aromatic carbocycles. The molecule has 10 heteroatoms. The van der Waals surface area contributed by atoms with Gasteiger partial charge < -0.3 is 0 Å². The molecular formula is C36H30N10+4. The van der Waals surface area contributed by atoms with Crippen LogP contribution in [0.15, 0.2) is 145 Å². The van der Waals surface area contributed by atoms with Gasteiger partial charge in [0.25, 0.3) is 0 Å². The lowest BCUT2D eigenvalue weighted by atomic mass is 10.1. The van der Waals surface area contributed by atoms with Crippen LogP contribution in [-0.4, -0.2) is 0 Å². The van der Waals surface area contributed by atoms with E-state index in [0.29, 0.717) is 37.6 Å². The van der Waals surface area contributed by atoms with E-state index in [9.17, 15) is 11.1 Å². The summed E-state index contributed by atoms with van der Waals surface area (Å²) in [5, 5.41) is 8.04. The van der Waals surface area contributed by atoms with E-state index in [0.717, 1.165) is 44.5 Å². The lowest BCUT2D eigenvalue weighted by Crippen LogP contribution is -2.34. The number of pyridine rings is 4. The number of nitrogens with zero attached hydrogens (tertiary/aromatic N) is 10. The number of azide groups is 2. The summed E-state index contributed by atoms with van der Waals surface area (Å²) < 4.78 is 8.37. The highest BCUT2D eigenvalue weighted by Crippen LogP contribution is 2.24. The van der Waals surface area contributed by atoms with Gasteiger partial charge in [0.1, 0.15) is 0 Å². The van der Waals surface area contributed by atoms with Crippen LogP contribution in [-0.2, 0) is 26.2 Å². The Morgan fingerprint density at radius 3 is 1.02 bits per heavy atom. The van der Waals surface area contributed by atoms with E-state index in [1.54, 1.807) is 0 Å². The van der Waals surface area contributed by atoms with Crippen LogP contribution in [0, 0.1) is 0 Å². The average molecular weight is 603 g/mol. The molecule has 0 radical (unpaired) electrons. The molecule has 10 nitrogen and oxygen atoms in total. The summed E-state index contributed by atoms with van der Waals surface area (Å²) in [5.41, 5.74) is 28.2. The first-order chi connectivity index (χ1) is 22.6. The van der Waals surface area contributed by atoms with E-state index in [2.05, 4.69) is 124 Å². The van der Waals surface area contributed by atoms with Crippen molar-refractivity contribution in [2.75, 3.05) is 0 Å². The highest BCUT2D eigenvalue weighted by atomic mass is 15.1. The molecular weight excluding hydrogens is 572 g/mol. The Labute approximate surface area is 265 Å². The van der Waals surface area contributed by atoms with Gasteiger partial charge in [0.05, 0.1) is 0 Å². The van der Waals surface area contributed by atoms with Crippen molar-refractivity contribution in [3.05, 3.63) is 178 Å². The van der Waals surface area contributed by atoms with Crippen molar-refractivity contribution in [1.29, 1.82) is 0 Å². The number of hydrogen-bond acceptors (Lipinski definition) is 2. The Morgan fingerprint density at radius 2 is 0.717 bits per heavy atom. The van der Waals surface area contributed by atoms with Gasteiger partial charge in [0, 0.05) is 92.0 Å². The number of rotatable bonds is 2. The first kappa shape index (κ1) is 28.4. The molecule has 4 aromatic heterocycles. The summed E-state index contributed by atoms with van der Waals surface area (Å²) in [5.74, 6) is 0. The van der Waals surface area contributed by atoms with Gasteiger partial charge in [0.15, 0.2) is 75.8 Å². The number of aromatic nitrogens is 4. The molecule has 46 heavy (non-hydrogen) atoms. The first-order valence-electron chi connectivity index (χ1n) is 14.9. The largest absolute Gasteiger partial charge is 0.201 e. The Hall–Kier alpha value is -6.34. The highest BCUT2D eigenvalue weighted by molar-refractivity contribution is 5.62. The van der Waals surface area contributed by atoms with Gasteiger partial charge in [-0.1, -0.05) is 34.5 Å². The van der Waals surface area contributed by atoms with Crippen molar-refractivity contribution < 1.29 is 18.3 Å². The molecule has 22 rings (SSSR count). The molecule has 220 valence electrons. The second-order valence-electron chi connectivity index (χ2n) is 11.3. The SMILES string of the molecule is [N-]=[N+]=Nc1cc2ccc1C[n+]1ccc(cc1)-c1cc[n+](cc1)Cc1ccc(c(N=[N+]=[N-])c1)C[n+]1ccc(cc1)-c1cc[n+](cc1)C2. The zero-order valence-electron chi connectivity index (χ0n) is 25.0. The van der Waals surface area contributed by atoms with Gasteiger partial charge in [-0.05, 0) is 45.4 Å². The third-order valence-electron chi connectivity index (χ3n) is 8.27. The highest BCUT2D eigenvalue weighted by Gasteiger charge is 2.15. The molecule has 0 unspecified atom stereocenters. The van der Waals surface area contributed by atoms with E-state index < -0.39 is 0 Å². The van der Waals surface area contributed by atoms with Crippen molar-refractivity contribution in [1.82, 2.24) is 0 Å². The fourth-order valence-electron chi connectivity index (χ4n) is 5.80. The maximum absolute atomic E-state index is 9.28. The van der Waals surface area contributed by atoms with Gasteiger partial charge in [-0.2, -0.15) is 0 Å². The zero-order chi connectivity index (χ0) is 31.3. The van der Waals surface area contributed by atoms with Gasteiger partial charge in [0.2, 0.25) is 0 Å². The van der Waals surface area contributed by atoms with E-state index >= 15 is 0 Å². The molecule has 16 aliphatic heterocycles. The summed E-state index contributed by atoms with van der Waals surface area (Å²) in [6, 6.07) is 29.0. The predicted molar refractivity (Wildman–Crippen MR) is 171 cm³/mol. The van der Waals surface area contributed by atoms with Gasteiger partial charge >= 0.3 is 0 Å². The zero-order valence-corrected chi connectivity index (χ0v) is 25.0. The van der Waals surface area contributed by atoms with E-state index in [1.165, 1.54) is 0 Å². The minimum absolute atomic E-state index is 0.583. The lowest BCUT2D eigenvalue weighted by molar-refractivity contribution is -0.689. The maximum Gasteiger partial charge on any atom is 0.174 e. The smallest absolute Gasteiger partial charge is 0.174 e. The summed E-state index contributed by atoms with van der Waals surface area (Å²) in [7, 11) is 0. The molecule has 12 bridgehead atoms. The van der Waals surface area contributed by atoms with Crippen molar-refractivity contribution in [2.45, 2.75) is 26.2 Å². The van der Waals surface area contributed by atoms with Crippen LogP contribution in [0.3, 0.4) is 0 Å². The van der Waals surface area contributed by atoms with Crippen molar-refractivity contribution >= 4 is 11.4 Å². The van der Waals surface area contributed by atoms with Crippen LogP contribution in [0.25, 0.3) is 43.1 Å². The summed E-state index contributed by atoms with van der Waals surface area (Å²) in [4.78, 5) is 6.20. The molecule has 20 heterocycles. The van der Waals surface area contributed by atoms with Crippen LogP contribution >= 0.6 is 0 Å². The third kappa shape index (κ3) is 6.30. The standard InChI is InChI=1S/C36H30N10/c37-41-39-35-21-27-1-3-33(35)25-45-17-9-31(10-18-45)30-7-15-44(16-8-30)24-28-2-4-34(36(22-28)40-42-38)26-46-19-11-32(12-20-46)29-5-13-43(23-27)14-6-29/h1-22H,23-26H2/q+4. The topological polar surface area (TPSA) is 113 Å². The van der Waals surface area contributed by atoms with Gasteiger partial charge in [-0.3, -0.25) is 0 Å². The quantitative estimate of drug-likeness (QED) is 0.0924. The summed E-state index contributed by atoms with van der Waals surface area (Å²) >= 11 is 0. The molecule has 0 saturated carbocycles. The monoisotopic (exact) mass is 602 g/mol. The number of hydrogen-bond donors (Lipinski definition) is 0. The second kappa shape index (κ2) is 12.7. The Morgan fingerprint density at radius 1 is 0.413 bits per heavy atom. The van der Waals surface area contributed by atoms with Crippen LogP contribution in [0.2, 0.25) is 0 Å². The minimum atomic E-state index is 0.583. The first-order valence-corrected chi connectivity index (χ1v) is 14.9. The molecule has 0 amide bonds. The molecule has 0 N–H and O–H groups in total. The molecule has 0 aliphatic carbocycles. The Balaban J connectivity index is 1.26. The predicted octanol–water partition coefficient (Wildman–Crippen LogP) is 6.56. The molecule has 0 spiro atoms. The van der Waals surface area contributed by atoms with Crippen molar-refractivity contribution in [3.8, 4) is 22.3 Å². The Kier molecular flexibility index (Phi) is 7.86. The molecule has 16 aliphatic rings. The second-order valence-corrected chi connectivity index (χ2v) is 11.3. The third-order valence-corrected chi connectivity index (χ3v) is 8.27. The molecule has 6 aromatic rings. The van der Waals surface area contributed by atoms with Crippen LogP contribution in [0.5, 0.6) is 0 Å². The fraction of sp³-hybridized carbons (Fsp3) is 0.111. The maximum atomic E-state index is 9.28. The number of benzene rings is 2. The van der Waals surface area contributed by atoms with E-state index in [4.69, 9.17) is 0 Å². The van der Waals surface area contributed by atoms with Crippen LogP contribution in [0.4, 0.5) is 11.4 Å². The van der Waals surface area contributed by atoms with Gasteiger partial charge in [-0.15, -0.1) is 0 Å². The molecule has 0 atom stereocenters. The summed E-state index contributed by atoms with van der Waals surface area (Å²) in [6.45, 7) is 2.46. The summed E-state index contributed by atoms with van der Waals surface area (Å²) in [6.07, 6.45) is 16.4. The molecule has 0 saturated heterocycles.